The molecule has 0 aliphatic heterocycles. The number of H-pyrrole nitrogens is 1. The third-order valence-corrected chi connectivity index (χ3v) is 3.79. The van der Waals surface area contributed by atoms with Crippen LogP contribution in [0, 0.1) is 0 Å². The molecular weight excluding hydrogens is 224 g/mol. The molecule has 0 radical (unpaired) electrons. The van der Waals surface area contributed by atoms with Gasteiger partial charge in [0.15, 0.2) is 5.78 Å². The predicted octanol–water partition coefficient (Wildman–Crippen LogP) is 2.58. The van der Waals surface area contributed by atoms with Crippen LogP contribution in [-0.4, -0.2) is 17.3 Å². The molecule has 0 bridgehead atoms. The molecule has 1 aromatic heterocycles. The van der Waals surface area contributed by atoms with Crippen molar-refractivity contribution in [1.82, 2.24) is 4.98 Å². The van der Waals surface area contributed by atoms with Gasteiger partial charge in [0.25, 0.3) is 0 Å². The molecule has 0 fully saturated rings. The summed E-state index contributed by atoms with van der Waals surface area (Å²) in [5.41, 5.74) is 10.2. The molecule has 94 valence electrons. The molecular formula is C15H18N2O. The van der Waals surface area contributed by atoms with Gasteiger partial charge in [-0.25, -0.2) is 0 Å². The van der Waals surface area contributed by atoms with E-state index in [-0.39, 0.29) is 5.78 Å². The van der Waals surface area contributed by atoms with Crippen molar-refractivity contribution in [2.24, 2.45) is 5.73 Å². The zero-order valence-corrected chi connectivity index (χ0v) is 10.5. The van der Waals surface area contributed by atoms with Crippen LogP contribution < -0.4 is 5.73 Å². The number of aryl methyl sites for hydroxylation is 2. The van der Waals surface area contributed by atoms with Gasteiger partial charge >= 0.3 is 0 Å². The Bertz CT molecular complexity index is 598. The van der Waals surface area contributed by atoms with E-state index in [9.17, 15) is 4.79 Å². The standard InChI is InChI=1S/C15H18N2O/c16-8-7-15(18)10-5-6-14-12(9-10)11-3-1-2-4-13(11)17-14/h5-6,9,17H,1-4,7-8,16H2. The molecule has 1 aromatic carbocycles. The first-order valence-corrected chi connectivity index (χ1v) is 6.66. The third-order valence-electron chi connectivity index (χ3n) is 3.79. The Morgan fingerprint density at radius 2 is 2.11 bits per heavy atom. The molecule has 0 spiro atoms. The highest BCUT2D eigenvalue weighted by molar-refractivity contribution is 6.00. The van der Waals surface area contributed by atoms with Crippen LogP contribution in [0.2, 0.25) is 0 Å². The number of hydrogen-bond donors (Lipinski definition) is 2. The van der Waals surface area contributed by atoms with E-state index in [0.717, 1.165) is 23.9 Å². The molecule has 3 heteroatoms. The summed E-state index contributed by atoms with van der Waals surface area (Å²) in [5.74, 6) is 0.144. The number of carbonyl (C=O) groups is 1. The lowest BCUT2D eigenvalue weighted by Gasteiger charge is -2.10. The summed E-state index contributed by atoms with van der Waals surface area (Å²) in [5, 5.41) is 1.23. The molecule has 0 amide bonds. The number of rotatable bonds is 3. The molecule has 18 heavy (non-hydrogen) atoms. The molecule has 1 heterocycles. The highest BCUT2D eigenvalue weighted by atomic mass is 16.1. The second kappa shape index (κ2) is 4.58. The zero-order chi connectivity index (χ0) is 12.5. The molecule has 2 aromatic rings. The summed E-state index contributed by atoms with van der Waals surface area (Å²) in [6.45, 7) is 0.419. The molecule has 3 rings (SSSR count). The molecule has 1 aliphatic rings. The van der Waals surface area contributed by atoms with Crippen LogP contribution in [0.3, 0.4) is 0 Å². The number of ketones is 1. The first kappa shape index (κ1) is 11.5. The average molecular weight is 242 g/mol. The number of fused-ring (bicyclic) bond motifs is 3. The van der Waals surface area contributed by atoms with Gasteiger partial charge in [0.1, 0.15) is 0 Å². The summed E-state index contributed by atoms with van der Waals surface area (Å²) < 4.78 is 0. The Morgan fingerprint density at radius 1 is 1.28 bits per heavy atom. The smallest absolute Gasteiger partial charge is 0.164 e. The topological polar surface area (TPSA) is 58.9 Å². The number of benzene rings is 1. The van der Waals surface area contributed by atoms with Gasteiger partial charge in [0.2, 0.25) is 0 Å². The van der Waals surface area contributed by atoms with E-state index < -0.39 is 0 Å². The van der Waals surface area contributed by atoms with Crippen molar-refractivity contribution in [3.8, 4) is 0 Å². The lowest BCUT2D eigenvalue weighted by Crippen LogP contribution is -2.08. The largest absolute Gasteiger partial charge is 0.358 e. The van der Waals surface area contributed by atoms with Gasteiger partial charge in [-0.3, -0.25) is 4.79 Å². The van der Waals surface area contributed by atoms with Crippen LogP contribution in [0.25, 0.3) is 10.9 Å². The van der Waals surface area contributed by atoms with E-state index in [1.165, 1.54) is 29.5 Å². The van der Waals surface area contributed by atoms with E-state index in [0.29, 0.717) is 13.0 Å². The number of aromatic nitrogens is 1. The van der Waals surface area contributed by atoms with Crippen LogP contribution in [0.5, 0.6) is 0 Å². The lowest BCUT2D eigenvalue weighted by atomic mass is 9.94. The van der Waals surface area contributed by atoms with Crippen molar-refractivity contribution in [2.75, 3.05) is 6.54 Å². The van der Waals surface area contributed by atoms with Crippen molar-refractivity contribution in [1.29, 1.82) is 0 Å². The summed E-state index contributed by atoms with van der Waals surface area (Å²) >= 11 is 0. The SMILES string of the molecule is NCCC(=O)c1ccc2[nH]c3c(c2c1)CCCC3. The van der Waals surface area contributed by atoms with Gasteiger partial charge in [0, 0.05) is 28.6 Å². The molecule has 3 nitrogen and oxygen atoms in total. The Kier molecular flexibility index (Phi) is 2.92. The van der Waals surface area contributed by atoms with Crippen LogP contribution in [0.15, 0.2) is 18.2 Å². The summed E-state index contributed by atoms with van der Waals surface area (Å²) in [7, 11) is 0. The van der Waals surface area contributed by atoms with Crippen molar-refractivity contribution in [3.63, 3.8) is 0 Å². The van der Waals surface area contributed by atoms with E-state index >= 15 is 0 Å². The molecule has 1 aliphatic carbocycles. The number of hydrogen-bond acceptors (Lipinski definition) is 2. The van der Waals surface area contributed by atoms with E-state index in [1.807, 2.05) is 18.2 Å². The van der Waals surface area contributed by atoms with Gasteiger partial charge in [-0.1, -0.05) is 0 Å². The van der Waals surface area contributed by atoms with Crippen LogP contribution in [0.4, 0.5) is 0 Å². The second-order valence-electron chi connectivity index (χ2n) is 5.01. The Hall–Kier alpha value is -1.61. The molecule has 0 saturated carbocycles. The first-order valence-electron chi connectivity index (χ1n) is 6.66. The van der Waals surface area contributed by atoms with E-state index in [1.54, 1.807) is 0 Å². The Balaban J connectivity index is 2.08. The number of aromatic amines is 1. The summed E-state index contributed by atoms with van der Waals surface area (Å²) in [6, 6.07) is 5.97. The minimum absolute atomic E-state index is 0.144. The Labute approximate surface area is 106 Å². The van der Waals surface area contributed by atoms with Gasteiger partial charge in [-0.15, -0.1) is 0 Å². The molecule has 3 N–H and O–H groups in total. The van der Waals surface area contributed by atoms with Crippen LogP contribution in [0.1, 0.15) is 40.9 Å². The fourth-order valence-electron chi connectivity index (χ4n) is 2.85. The first-order chi connectivity index (χ1) is 8.79. The molecule has 0 saturated heterocycles. The molecule has 0 atom stereocenters. The number of Topliss-reactive ketones (excluding diaryl/α,β-unsaturated/α-hetero) is 1. The Morgan fingerprint density at radius 3 is 2.94 bits per heavy atom. The van der Waals surface area contributed by atoms with Crippen molar-refractivity contribution in [2.45, 2.75) is 32.1 Å². The quantitative estimate of drug-likeness (QED) is 0.813. The fraction of sp³-hybridized carbons (Fsp3) is 0.400. The minimum Gasteiger partial charge on any atom is -0.358 e. The van der Waals surface area contributed by atoms with E-state index in [2.05, 4.69) is 4.98 Å². The summed E-state index contributed by atoms with van der Waals surface area (Å²) in [4.78, 5) is 15.4. The van der Waals surface area contributed by atoms with Crippen molar-refractivity contribution < 1.29 is 4.79 Å². The maximum absolute atomic E-state index is 11.9. The number of nitrogens with two attached hydrogens (primary N) is 1. The molecule has 0 unspecified atom stereocenters. The normalized spacial score (nSPS) is 14.7. The van der Waals surface area contributed by atoms with Gasteiger partial charge in [-0.2, -0.15) is 0 Å². The number of nitrogens with one attached hydrogen (secondary N) is 1. The van der Waals surface area contributed by atoms with Gasteiger partial charge in [-0.05, 0) is 56.0 Å². The highest BCUT2D eigenvalue weighted by Crippen LogP contribution is 2.29. The van der Waals surface area contributed by atoms with E-state index in [4.69, 9.17) is 5.73 Å². The van der Waals surface area contributed by atoms with Gasteiger partial charge < -0.3 is 10.7 Å². The van der Waals surface area contributed by atoms with Crippen molar-refractivity contribution in [3.05, 3.63) is 35.0 Å². The average Bonchev–Trinajstić information content (AvgIpc) is 2.76. The zero-order valence-electron chi connectivity index (χ0n) is 10.5. The van der Waals surface area contributed by atoms with Crippen LogP contribution in [-0.2, 0) is 12.8 Å². The minimum atomic E-state index is 0.144. The van der Waals surface area contributed by atoms with Crippen molar-refractivity contribution >= 4 is 16.7 Å². The fourth-order valence-corrected chi connectivity index (χ4v) is 2.85. The lowest BCUT2D eigenvalue weighted by molar-refractivity contribution is 0.0985. The monoisotopic (exact) mass is 242 g/mol. The summed E-state index contributed by atoms with van der Waals surface area (Å²) in [6.07, 6.45) is 5.21. The number of carbonyl (C=O) groups excluding carboxylic acids is 1. The maximum atomic E-state index is 11.9. The van der Waals surface area contributed by atoms with Crippen LogP contribution >= 0.6 is 0 Å². The van der Waals surface area contributed by atoms with Gasteiger partial charge in [0.05, 0.1) is 0 Å². The predicted molar refractivity (Wildman–Crippen MR) is 72.9 cm³/mol. The second-order valence-corrected chi connectivity index (χ2v) is 5.01. The highest BCUT2D eigenvalue weighted by Gasteiger charge is 2.16. The third kappa shape index (κ3) is 1.85. The maximum Gasteiger partial charge on any atom is 0.164 e.